The van der Waals surface area contributed by atoms with E-state index in [-0.39, 0.29) is 0 Å². The molecule has 17 aromatic rings. The smallest absolute Gasteiger partial charge is 0.162 e. The maximum Gasteiger partial charge on any atom is 0.162 e. The molecule has 0 unspecified atom stereocenters. The fraction of sp³-hybridized carbons (Fsp3) is 0. The zero-order valence-corrected chi connectivity index (χ0v) is 41.5. The van der Waals surface area contributed by atoms with Gasteiger partial charge in [0.1, 0.15) is 17.0 Å². The SMILES string of the molecule is c1ccc(-c2nc3ccc(-c4nc(-n5c6ccccc6c6c7sc8ccccc8c7c7cc(-c8c9ccccc9cc9c8oc8ccccc89)ccc7c65)c5sc6ccccc6c5n4)cc3n2-c2ccccc2)cc1. The Morgan fingerprint density at radius 1 is 0.400 bits per heavy atom. The van der Waals surface area contributed by atoms with E-state index in [1.807, 2.05) is 17.4 Å². The Morgan fingerprint density at radius 2 is 1.08 bits per heavy atom. The third-order valence-corrected chi connectivity index (χ3v) is 17.6. The number of imidazole rings is 1. The van der Waals surface area contributed by atoms with E-state index in [2.05, 4.69) is 228 Å². The molecule has 0 N–H and O–H groups in total. The Hall–Kier alpha value is -9.47. The molecule has 0 bridgehead atoms. The molecule has 0 radical (unpaired) electrons. The van der Waals surface area contributed by atoms with E-state index < -0.39 is 0 Å². The van der Waals surface area contributed by atoms with Crippen molar-refractivity contribution < 1.29 is 4.42 Å². The van der Waals surface area contributed by atoms with Crippen LogP contribution in [0.2, 0.25) is 0 Å². The molecule has 0 aliphatic carbocycles. The summed E-state index contributed by atoms with van der Waals surface area (Å²) in [6.45, 7) is 0. The van der Waals surface area contributed by atoms with Gasteiger partial charge >= 0.3 is 0 Å². The second-order valence-electron chi connectivity index (χ2n) is 19.4. The molecule has 11 aromatic carbocycles. The summed E-state index contributed by atoms with van der Waals surface area (Å²) >= 11 is 3.64. The van der Waals surface area contributed by atoms with Crippen LogP contribution in [-0.2, 0) is 0 Å². The van der Waals surface area contributed by atoms with Crippen molar-refractivity contribution in [2.24, 2.45) is 0 Å². The molecule has 75 heavy (non-hydrogen) atoms. The summed E-state index contributed by atoms with van der Waals surface area (Å²) in [5.74, 6) is 2.38. The summed E-state index contributed by atoms with van der Waals surface area (Å²) in [7, 11) is 0. The number of fused-ring (bicyclic) bond motifs is 18. The largest absolute Gasteiger partial charge is 0.455 e. The monoisotopic (exact) mass is 991 g/mol. The van der Waals surface area contributed by atoms with Gasteiger partial charge in [-0.3, -0.25) is 9.13 Å². The first kappa shape index (κ1) is 41.1. The first-order chi connectivity index (χ1) is 37.2. The minimum atomic E-state index is 0.649. The lowest BCUT2D eigenvalue weighted by molar-refractivity contribution is 0.670. The Balaban J connectivity index is 0.991. The number of hydrogen-bond acceptors (Lipinski definition) is 6. The highest BCUT2D eigenvalue weighted by atomic mass is 32.1. The van der Waals surface area contributed by atoms with Crippen LogP contribution in [0.15, 0.2) is 229 Å². The Morgan fingerprint density at radius 3 is 1.93 bits per heavy atom. The van der Waals surface area contributed by atoms with Crippen molar-refractivity contribution >= 4 is 139 Å². The van der Waals surface area contributed by atoms with E-state index in [0.29, 0.717) is 5.82 Å². The molecule has 8 heteroatoms. The molecular weight excluding hydrogens is 955 g/mol. The van der Waals surface area contributed by atoms with Crippen molar-refractivity contribution in [2.75, 3.05) is 0 Å². The summed E-state index contributed by atoms with van der Waals surface area (Å²) in [5, 5.41) is 12.9. The molecule has 0 aliphatic heterocycles. The van der Waals surface area contributed by atoms with Crippen molar-refractivity contribution in [1.29, 1.82) is 0 Å². The second kappa shape index (κ2) is 15.5. The van der Waals surface area contributed by atoms with Crippen LogP contribution in [0.25, 0.3) is 162 Å². The van der Waals surface area contributed by atoms with Crippen molar-refractivity contribution in [1.82, 2.24) is 24.1 Å². The zero-order chi connectivity index (χ0) is 48.9. The van der Waals surface area contributed by atoms with Gasteiger partial charge in [0, 0.05) is 79.6 Å². The summed E-state index contributed by atoms with van der Waals surface area (Å²) in [6.07, 6.45) is 0. The topological polar surface area (TPSA) is 61.7 Å². The van der Waals surface area contributed by atoms with Gasteiger partial charge in [0.05, 0.1) is 32.3 Å². The third kappa shape index (κ3) is 5.86. The molecule has 6 aromatic heterocycles. The highest BCUT2D eigenvalue weighted by Crippen LogP contribution is 2.51. The number of aromatic nitrogens is 5. The molecule has 0 atom stereocenters. The van der Waals surface area contributed by atoms with Gasteiger partial charge in [-0.05, 0) is 88.5 Å². The van der Waals surface area contributed by atoms with Crippen molar-refractivity contribution in [3.05, 3.63) is 224 Å². The van der Waals surface area contributed by atoms with E-state index in [1.54, 1.807) is 11.3 Å². The number of furan rings is 1. The molecular formula is C67H37N5OS2. The summed E-state index contributed by atoms with van der Waals surface area (Å²) in [5.41, 5.74) is 12.0. The minimum absolute atomic E-state index is 0.649. The first-order valence-electron chi connectivity index (χ1n) is 25.2. The summed E-state index contributed by atoms with van der Waals surface area (Å²) in [4.78, 5) is 16.6. The molecule has 0 amide bonds. The lowest BCUT2D eigenvalue weighted by Crippen LogP contribution is -2.02. The van der Waals surface area contributed by atoms with E-state index in [0.717, 1.165) is 110 Å². The number of benzene rings is 11. The fourth-order valence-corrected chi connectivity index (χ4v) is 14.4. The average Bonchev–Trinajstić information content (AvgIpc) is 4.40. The zero-order valence-electron chi connectivity index (χ0n) is 39.8. The Bertz CT molecular complexity index is 5260. The predicted octanol–water partition coefficient (Wildman–Crippen LogP) is 18.9. The lowest BCUT2D eigenvalue weighted by Gasteiger charge is -2.14. The molecule has 0 fully saturated rings. The maximum atomic E-state index is 6.86. The second-order valence-corrected chi connectivity index (χ2v) is 21.5. The van der Waals surface area contributed by atoms with Gasteiger partial charge in [0.15, 0.2) is 11.6 Å². The van der Waals surface area contributed by atoms with Crippen LogP contribution >= 0.6 is 22.7 Å². The molecule has 0 saturated heterocycles. The number of para-hydroxylation sites is 3. The van der Waals surface area contributed by atoms with Crippen LogP contribution in [0.5, 0.6) is 0 Å². The van der Waals surface area contributed by atoms with Gasteiger partial charge in [0.2, 0.25) is 0 Å². The van der Waals surface area contributed by atoms with Crippen molar-refractivity contribution in [3.63, 3.8) is 0 Å². The highest BCUT2D eigenvalue weighted by molar-refractivity contribution is 7.27. The molecule has 0 aliphatic rings. The van der Waals surface area contributed by atoms with E-state index in [9.17, 15) is 0 Å². The van der Waals surface area contributed by atoms with Crippen LogP contribution in [0.1, 0.15) is 0 Å². The number of hydrogen-bond donors (Lipinski definition) is 0. The maximum absolute atomic E-state index is 6.86. The normalized spacial score (nSPS) is 12.3. The van der Waals surface area contributed by atoms with Crippen LogP contribution < -0.4 is 0 Å². The van der Waals surface area contributed by atoms with Crippen molar-refractivity contribution in [3.8, 4) is 45.4 Å². The molecule has 0 saturated carbocycles. The summed E-state index contributed by atoms with van der Waals surface area (Å²) in [6, 6.07) is 80.3. The number of rotatable bonds is 5. The molecule has 0 spiro atoms. The van der Waals surface area contributed by atoms with Crippen LogP contribution in [0.3, 0.4) is 0 Å². The van der Waals surface area contributed by atoms with Crippen LogP contribution in [-0.4, -0.2) is 24.1 Å². The number of nitrogens with zero attached hydrogens (tertiary/aromatic N) is 5. The first-order valence-corrected chi connectivity index (χ1v) is 26.8. The van der Waals surface area contributed by atoms with Crippen LogP contribution in [0.4, 0.5) is 0 Å². The third-order valence-electron chi connectivity index (χ3n) is 15.3. The van der Waals surface area contributed by atoms with Crippen LogP contribution in [0, 0.1) is 0 Å². The van der Waals surface area contributed by atoms with Gasteiger partial charge < -0.3 is 4.42 Å². The minimum Gasteiger partial charge on any atom is -0.455 e. The Labute approximate surface area is 435 Å². The van der Waals surface area contributed by atoms with E-state index in [4.69, 9.17) is 19.4 Å². The predicted molar refractivity (Wildman–Crippen MR) is 315 cm³/mol. The molecule has 6 nitrogen and oxygen atoms in total. The summed E-state index contributed by atoms with van der Waals surface area (Å²) < 4.78 is 16.3. The molecule has 348 valence electrons. The lowest BCUT2D eigenvalue weighted by atomic mass is 9.92. The fourth-order valence-electron chi connectivity index (χ4n) is 12.0. The highest BCUT2D eigenvalue weighted by Gasteiger charge is 2.27. The van der Waals surface area contributed by atoms with Crippen molar-refractivity contribution in [2.45, 2.75) is 0 Å². The van der Waals surface area contributed by atoms with Gasteiger partial charge in [-0.15, -0.1) is 22.7 Å². The van der Waals surface area contributed by atoms with Gasteiger partial charge in [-0.25, -0.2) is 15.0 Å². The quantitative estimate of drug-likeness (QED) is 0.172. The Kier molecular flexibility index (Phi) is 8.50. The van der Waals surface area contributed by atoms with Gasteiger partial charge in [-0.1, -0.05) is 158 Å². The number of thiophene rings is 2. The van der Waals surface area contributed by atoms with Gasteiger partial charge in [-0.2, -0.15) is 0 Å². The standard InChI is InChI=1S/C67H37N5OS2/c1-3-17-38(18-4-1)66-68-51-34-32-41(37-53(51)71(66)42-20-5-2-6-21-42)65-69-60-48-26-12-16-30-56(48)75-64(60)67(70-65)72-52-27-13-9-24-46(52)59-61(72)45-33-31-40(36-49(45)58-47-25-11-15-29-55(47)74-63(58)59)57-43-22-8-7-19-39(43)35-50-44-23-10-14-28-54(44)73-62(50)57/h1-37H. The molecule has 17 rings (SSSR count). The van der Waals surface area contributed by atoms with E-state index >= 15 is 0 Å². The molecule has 6 heterocycles. The van der Waals surface area contributed by atoms with E-state index in [1.165, 1.54) is 46.4 Å². The average molecular weight is 992 g/mol. The van der Waals surface area contributed by atoms with Gasteiger partial charge in [0.25, 0.3) is 0 Å².